The first-order valence-electron chi connectivity index (χ1n) is 12.4. The zero-order valence-corrected chi connectivity index (χ0v) is 20.3. The molecule has 4 aliphatic rings. The molecule has 16 nitrogen and oxygen atoms in total. The summed E-state index contributed by atoms with van der Waals surface area (Å²) in [6.07, 6.45) is -16.1. The van der Waals surface area contributed by atoms with Crippen LogP contribution in [0, 0.1) is 0 Å². The highest BCUT2D eigenvalue weighted by atomic mass is 16.8. The van der Waals surface area contributed by atoms with Gasteiger partial charge in [-0.3, -0.25) is 0 Å². The van der Waals surface area contributed by atoms with Gasteiger partial charge in [-0.15, -0.1) is 0 Å². The molecular formula is C21H40N4O12. The summed E-state index contributed by atoms with van der Waals surface area (Å²) in [4.78, 5) is 0. The normalized spacial score (nSPS) is 55.1. The third-order valence-electron chi connectivity index (χ3n) is 7.65. The fraction of sp³-hybridized carbons (Fsp3) is 1.00. The van der Waals surface area contributed by atoms with Gasteiger partial charge in [0.05, 0.1) is 30.9 Å². The first kappa shape index (κ1) is 29.3. The van der Waals surface area contributed by atoms with E-state index in [1.165, 1.54) is 7.05 Å². The van der Waals surface area contributed by atoms with Crippen molar-refractivity contribution in [3.8, 4) is 0 Å². The molecule has 14 N–H and O–H groups in total. The average Bonchev–Trinajstić information content (AvgIpc) is 2.86. The van der Waals surface area contributed by atoms with E-state index >= 15 is 0 Å². The SMILES string of the molecule is CN[C@@H]1[C@@H](O[C@H]2O[C@@H](CO)[C@H](O)[C@@H](O)[C@@H]2O)O[C@H]2C[C@@H](N)[C@@H](O[C@H]3[C@H](O)[C@@H](O)[C@H](N)C[C@@H]3N)O[C@@H]2[C@@H]1O. The standard InChI is InChI=1S/C21H40N4O12/c1-25-10-13(29)18-8(33-20(10)37-21-16(32)14(30)12(28)9(4-26)34-21)3-7(24)19(36-18)35-17-6(23)2-5(22)11(27)15(17)31/h5-21,25-32H,2-4,22-24H2,1H3/t5-,6+,7-,8+,9+,10+,11+,12+,13-,14-,15-,16+,17-,18+,19+,20-,21-/m1/s1. The smallest absolute Gasteiger partial charge is 0.189 e. The van der Waals surface area contributed by atoms with Gasteiger partial charge in [0, 0.05) is 12.1 Å². The summed E-state index contributed by atoms with van der Waals surface area (Å²) >= 11 is 0. The number of ether oxygens (including phenoxy) is 5. The third kappa shape index (κ3) is 5.66. The number of aliphatic hydroxyl groups is 7. The summed E-state index contributed by atoms with van der Waals surface area (Å²) in [7, 11) is 1.53. The number of fused-ring (bicyclic) bond motifs is 1. The molecule has 1 saturated carbocycles. The van der Waals surface area contributed by atoms with Crippen LogP contribution in [0.2, 0.25) is 0 Å². The second kappa shape index (κ2) is 11.8. The second-order valence-electron chi connectivity index (χ2n) is 10.2. The van der Waals surface area contributed by atoms with E-state index in [0.717, 1.165) is 0 Å². The lowest BCUT2D eigenvalue weighted by Crippen LogP contribution is -2.70. The van der Waals surface area contributed by atoms with Crippen LogP contribution in [0.1, 0.15) is 12.8 Å². The molecule has 0 radical (unpaired) electrons. The number of likely N-dealkylation sites (N-methyl/N-ethyl adjacent to an activating group) is 1. The van der Waals surface area contributed by atoms with E-state index in [-0.39, 0.29) is 12.8 Å². The molecule has 3 heterocycles. The summed E-state index contributed by atoms with van der Waals surface area (Å²) in [6, 6.07) is -3.08. The molecule has 0 aromatic heterocycles. The lowest BCUT2D eigenvalue weighted by molar-refractivity contribution is -0.378. The zero-order valence-electron chi connectivity index (χ0n) is 20.3. The summed E-state index contributed by atoms with van der Waals surface area (Å²) in [6.45, 7) is -0.633. The van der Waals surface area contributed by atoms with Crippen molar-refractivity contribution < 1.29 is 59.4 Å². The topological polar surface area (TPSA) is 278 Å². The number of rotatable bonds is 6. The van der Waals surface area contributed by atoms with Crippen LogP contribution in [0.25, 0.3) is 0 Å². The minimum Gasteiger partial charge on any atom is -0.394 e. The third-order valence-corrected chi connectivity index (χ3v) is 7.65. The minimum atomic E-state index is -1.66. The number of hydrogen-bond donors (Lipinski definition) is 11. The molecule has 37 heavy (non-hydrogen) atoms. The predicted molar refractivity (Wildman–Crippen MR) is 121 cm³/mol. The number of nitrogens with two attached hydrogens (primary N) is 3. The maximum Gasteiger partial charge on any atom is 0.189 e. The lowest BCUT2D eigenvalue weighted by atomic mass is 9.84. The van der Waals surface area contributed by atoms with Crippen LogP contribution in [-0.2, 0) is 23.7 Å². The van der Waals surface area contributed by atoms with Gasteiger partial charge in [0.25, 0.3) is 0 Å². The van der Waals surface area contributed by atoms with E-state index in [0.29, 0.717) is 0 Å². The average molecular weight is 541 g/mol. The molecular weight excluding hydrogens is 500 g/mol. The zero-order chi connectivity index (χ0) is 27.2. The fourth-order valence-corrected chi connectivity index (χ4v) is 5.41. The van der Waals surface area contributed by atoms with Crippen LogP contribution >= 0.6 is 0 Å². The van der Waals surface area contributed by atoms with Crippen LogP contribution in [0.5, 0.6) is 0 Å². The van der Waals surface area contributed by atoms with Gasteiger partial charge in [-0.2, -0.15) is 0 Å². The van der Waals surface area contributed by atoms with E-state index in [2.05, 4.69) is 5.32 Å². The van der Waals surface area contributed by atoms with E-state index in [9.17, 15) is 35.7 Å². The summed E-state index contributed by atoms with van der Waals surface area (Å²) < 4.78 is 29.0. The molecule has 0 aromatic carbocycles. The quantitative estimate of drug-likeness (QED) is 0.149. The molecule has 4 rings (SSSR count). The van der Waals surface area contributed by atoms with Gasteiger partial charge >= 0.3 is 0 Å². The molecule has 0 spiro atoms. The molecule has 216 valence electrons. The van der Waals surface area contributed by atoms with Gasteiger partial charge in [0.2, 0.25) is 0 Å². The Kier molecular flexibility index (Phi) is 9.40. The van der Waals surface area contributed by atoms with E-state index in [1.807, 2.05) is 0 Å². The Bertz CT molecular complexity index is 754. The molecule has 1 aliphatic carbocycles. The van der Waals surface area contributed by atoms with Crippen LogP contribution < -0.4 is 22.5 Å². The first-order valence-corrected chi connectivity index (χ1v) is 12.4. The Morgan fingerprint density at radius 1 is 0.703 bits per heavy atom. The largest absolute Gasteiger partial charge is 0.394 e. The molecule has 3 saturated heterocycles. The molecule has 16 heteroatoms. The van der Waals surface area contributed by atoms with Crippen LogP contribution in [0.3, 0.4) is 0 Å². The van der Waals surface area contributed by atoms with Crippen LogP contribution in [-0.4, -0.2) is 153 Å². The van der Waals surface area contributed by atoms with Crippen molar-refractivity contribution in [2.24, 2.45) is 17.2 Å². The molecule has 3 aliphatic heterocycles. The molecule has 0 bridgehead atoms. The summed E-state index contributed by atoms with van der Waals surface area (Å²) in [5.74, 6) is 0. The number of nitrogens with one attached hydrogen (secondary N) is 1. The van der Waals surface area contributed by atoms with Gasteiger partial charge < -0.3 is 81.9 Å². The molecule has 17 atom stereocenters. The van der Waals surface area contributed by atoms with Crippen molar-refractivity contribution in [1.29, 1.82) is 0 Å². The highest BCUT2D eigenvalue weighted by molar-refractivity contribution is 5.01. The first-order chi connectivity index (χ1) is 17.5. The van der Waals surface area contributed by atoms with Crippen molar-refractivity contribution in [2.75, 3.05) is 13.7 Å². The predicted octanol–water partition coefficient (Wildman–Crippen LogP) is -6.92. The van der Waals surface area contributed by atoms with E-state index < -0.39 is 111 Å². The maximum atomic E-state index is 11.1. The van der Waals surface area contributed by atoms with Gasteiger partial charge in [0.15, 0.2) is 18.9 Å². The second-order valence-corrected chi connectivity index (χ2v) is 10.2. The molecule has 0 amide bonds. The van der Waals surface area contributed by atoms with Gasteiger partial charge in [-0.1, -0.05) is 0 Å². The van der Waals surface area contributed by atoms with Crippen LogP contribution in [0.15, 0.2) is 0 Å². The van der Waals surface area contributed by atoms with E-state index in [1.54, 1.807) is 0 Å². The Morgan fingerprint density at radius 3 is 2.05 bits per heavy atom. The molecule has 0 aromatic rings. The number of aliphatic hydroxyl groups excluding tert-OH is 7. The van der Waals surface area contributed by atoms with Crippen molar-refractivity contribution in [2.45, 2.75) is 117 Å². The van der Waals surface area contributed by atoms with Crippen molar-refractivity contribution in [3.63, 3.8) is 0 Å². The Hall–Kier alpha value is -0.640. The molecule has 4 fully saturated rings. The molecule has 0 unspecified atom stereocenters. The van der Waals surface area contributed by atoms with Crippen LogP contribution in [0.4, 0.5) is 0 Å². The summed E-state index contributed by atoms with van der Waals surface area (Å²) in [5, 5.41) is 74.3. The van der Waals surface area contributed by atoms with Gasteiger partial charge in [-0.05, 0) is 19.9 Å². The highest BCUT2D eigenvalue weighted by Crippen LogP contribution is 2.35. The minimum absolute atomic E-state index is 0.136. The van der Waals surface area contributed by atoms with Gasteiger partial charge in [-0.25, -0.2) is 0 Å². The lowest BCUT2D eigenvalue weighted by Gasteiger charge is -2.51. The fourth-order valence-electron chi connectivity index (χ4n) is 5.41. The van der Waals surface area contributed by atoms with E-state index in [4.69, 9.17) is 40.9 Å². The Labute approximate surface area is 213 Å². The monoisotopic (exact) mass is 540 g/mol. The summed E-state index contributed by atoms with van der Waals surface area (Å²) in [5.41, 5.74) is 18.2. The van der Waals surface area contributed by atoms with Gasteiger partial charge in [0.1, 0.15) is 48.8 Å². The Morgan fingerprint density at radius 2 is 1.41 bits per heavy atom. The van der Waals surface area contributed by atoms with Crippen molar-refractivity contribution >= 4 is 0 Å². The number of hydrogen-bond acceptors (Lipinski definition) is 16. The Balaban J connectivity index is 1.43. The van der Waals surface area contributed by atoms with Crippen molar-refractivity contribution in [3.05, 3.63) is 0 Å². The van der Waals surface area contributed by atoms with Crippen molar-refractivity contribution in [1.82, 2.24) is 5.32 Å². The highest BCUT2D eigenvalue weighted by Gasteiger charge is 2.54. The maximum absolute atomic E-state index is 11.1.